The molecule has 2 aromatic carbocycles. The summed E-state index contributed by atoms with van der Waals surface area (Å²) in [5.74, 6) is -1.65. The molecule has 0 fully saturated rings. The van der Waals surface area contributed by atoms with Gasteiger partial charge in [-0.25, -0.2) is 0 Å². The van der Waals surface area contributed by atoms with Crippen LogP contribution in [0.3, 0.4) is 0 Å². The summed E-state index contributed by atoms with van der Waals surface area (Å²) >= 11 is 0. The Bertz CT molecular complexity index is 638. The second-order valence-corrected chi connectivity index (χ2v) is 4.38. The molecular formula is C14H14F3NO2. The van der Waals surface area contributed by atoms with E-state index in [1.165, 1.54) is 19.1 Å². The SMILES string of the molecule is CC(C(=O)O)c1ccc2cc(C(F)(F)F)ccc2c1.N. The Morgan fingerprint density at radius 3 is 2.20 bits per heavy atom. The van der Waals surface area contributed by atoms with Gasteiger partial charge in [0.15, 0.2) is 0 Å². The van der Waals surface area contributed by atoms with Gasteiger partial charge in [-0.05, 0) is 35.4 Å². The van der Waals surface area contributed by atoms with E-state index in [-0.39, 0.29) is 6.15 Å². The number of carbonyl (C=O) groups is 1. The van der Waals surface area contributed by atoms with Gasteiger partial charge in [-0.15, -0.1) is 0 Å². The molecule has 0 radical (unpaired) electrons. The monoisotopic (exact) mass is 285 g/mol. The standard InChI is InChI=1S/C14H11F3O2.H3N/c1-8(13(18)19)9-2-3-11-7-12(14(15,16)17)5-4-10(11)6-9;/h2-8H,1H3,(H,18,19);1H3. The molecular weight excluding hydrogens is 271 g/mol. The van der Waals surface area contributed by atoms with Crippen molar-refractivity contribution in [3.63, 3.8) is 0 Å². The van der Waals surface area contributed by atoms with Gasteiger partial charge in [0, 0.05) is 0 Å². The lowest BCUT2D eigenvalue weighted by molar-refractivity contribution is -0.138. The number of hydrogen-bond acceptors (Lipinski definition) is 2. The summed E-state index contributed by atoms with van der Waals surface area (Å²) < 4.78 is 37.7. The molecule has 0 saturated carbocycles. The van der Waals surface area contributed by atoms with E-state index < -0.39 is 23.6 Å². The number of fused-ring (bicyclic) bond motifs is 1. The first-order chi connectivity index (χ1) is 8.79. The average Bonchev–Trinajstić information content (AvgIpc) is 2.35. The molecule has 6 heteroatoms. The molecule has 0 heterocycles. The van der Waals surface area contributed by atoms with Gasteiger partial charge in [-0.3, -0.25) is 4.79 Å². The van der Waals surface area contributed by atoms with Gasteiger partial charge in [0.1, 0.15) is 0 Å². The summed E-state index contributed by atoms with van der Waals surface area (Å²) in [5, 5.41) is 9.95. The number of carboxylic acid groups (broad SMARTS) is 1. The zero-order valence-electron chi connectivity index (χ0n) is 10.7. The van der Waals surface area contributed by atoms with Gasteiger partial charge in [-0.2, -0.15) is 13.2 Å². The second-order valence-electron chi connectivity index (χ2n) is 4.38. The Labute approximate surface area is 113 Å². The average molecular weight is 285 g/mol. The number of aliphatic carboxylic acids is 1. The smallest absolute Gasteiger partial charge is 0.416 e. The van der Waals surface area contributed by atoms with Crippen molar-refractivity contribution in [3.8, 4) is 0 Å². The molecule has 3 nitrogen and oxygen atoms in total. The minimum absolute atomic E-state index is 0. The highest BCUT2D eigenvalue weighted by Crippen LogP contribution is 2.32. The highest BCUT2D eigenvalue weighted by Gasteiger charge is 2.30. The van der Waals surface area contributed by atoms with Crippen LogP contribution in [0.5, 0.6) is 0 Å². The van der Waals surface area contributed by atoms with Crippen molar-refractivity contribution in [3.05, 3.63) is 47.5 Å². The molecule has 0 aliphatic carbocycles. The third-order valence-electron chi connectivity index (χ3n) is 3.06. The van der Waals surface area contributed by atoms with Crippen molar-refractivity contribution in [2.24, 2.45) is 0 Å². The summed E-state index contributed by atoms with van der Waals surface area (Å²) in [4.78, 5) is 10.9. The molecule has 0 bridgehead atoms. The van der Waals surface area contributed by atoms with E-state index in [9.17, 15) is 18.0 Å². The minimum Gasteiger partial charge on any atom is -0.481 e. The second kappa shape index (κ2) is 5.50. The number of halogens is 3. The van der Waals surface area contributed by atoms with Gasteiger partial charge < -0.3 is 11.3 Å². The number of carboxylic acids is 1. The van der Waals surface area contributed by atoms with E-state index in [1.54, 1.807) is 12.1 Å². The topological polar surface area (TPSA) is 72.3 Å². The lowest BCUT2D eigenvalue weighted by Gasteiger charge is -2.10. The number of alkyl halides is 3. The predicted octanol–water partition coefficient (Wildman–Crippen LogP) is 4.21. The van der Waals surface area contributed by atoms with Crippen LogP contribution in [0, 0.1) is 0 Å². The van der Waals surface area contributed by atoms with Crippen LogP contribution in [0.4, 0.5) is 13.2 Å². The van der Waals surface area contributed by atoms with Crippen molar-refractivity contribution < 1.29 is 23.1 Å². The van der Waals surface area contributed by atoms with Crippen LogP contribution in [0.2, 0.25) is 0 Å². The van der Waals surface area contributed by atoms with Gasteiger partial charge in [0.25, 0.3) is 0 Å². The van der Waals surface area contributed by atoms with Crippen LogP contribution in [-0.2, 0) is 11.0 Å². The lowest BCUT2D eigenvalue weighted by Crippen LogP contribution is -2.07. The third-order valence-corrected chi connectivity index (χ3v) is 3.06. The lowest BCUT2D eigenvalue weighted by atomic mass is 9.97. The summed E-state index contributed by atoms with van der Waals surface area (Å²) in [6.07, 6.45) is -4.37. The van der Waals surface area contributed by atoms with Gasteiger partial charge in [0.2, 0.25) is 0 Å². The number of benzene rings is 2. The molecule has 0 aromatic heterocycles. The van der Waals surface area contributed by atoms with E-state index >= 15 is 0 Å². The van der Waals surface area contributed by atoms with Crippen LogP contribution in [0.1, 0.15) is 24.0 Å². The summed E-state index contributed by atoms with van der Waals surface area (Å²) in [7, 11) is 0. The summed E-state index contributed by atoms with van der Waals surface area (Å²) in [6.45, 7) is 1.54. The largest absolute Gasteiger partial charge is 0.481 e. The highest BCUT2D eigenvalue weighted by molar-refractivity contribution is 5.86. The Kier molecular flexibility index (Phi) is 4.39. The van der Waals surface area contributed by atoms with Crippen LogP contribution in [0.15, 0.2) is 36.4 Å². The molecule has 2 aromatic rings. The molecule has 0 amide bonds. The minimum atomic E-state index is -4.37. The maximum atomic E-state index is 12.6. The molecule has 0 spiro atoms. The van der Waals surface area contributed by atoms with Crippen LogP contribution >= 0.6 is 0 Å². The van der Waals surface area contributed by atoms with Gasteiger partial charge in [-0.1, -0.05) is 24.3 Å². The van der Waals surface area contributed by atoms with Gasteiger partial charge >= 0.3 is 12.1 Å². The first-order valence-corrected chi connectivity index (χ1v) is 5.63. The van der Waals surface area contributed by atoms with Crippen molar-refractivity contribution in [1.82, 2.24) is 6.15 Å². The maximum Gasteiger partial charge on any atom is 0.416 e. The van der Waals surface area contributed by atoms with E-state index in [2.05, 4.69) is 0 Å². The predicted molar refractivity (Wildman–Crippen MR) is 70.0 cm³/mol. The quantitative estimate of drug-likeness (QED) is 0.868. The molecule has 0 aliphatic heterocycles. The molecule has 0 saturated heterocycles. The van der Waals surface area contributed by atoms with Crippen molar-refractivity contribution in [2.75, 3.05) is 0 Å². The Morgan fingerprint density at radius 1 is 1.10 bits per heavy atom. The van der Waals surface area contributed by atoms with Gasteiger partial charge in [0.05, 0.1) is 11.5 Å². The van der Waals surface area contributed by atoms with E-state index in [0.717, 1.165) is 12.1 Å². The zero-order chi connectivity index (χ0) is 14.2. The fourth-order valence-corrected chi connectivity index (χ4v) is 1.85. The van der Waals surface area contributed by atoms with Crippen LogP contribution < -0.4 is 6.15 Å². The molecule has 1 unspecified atom stereocenters. The Morgan fingerprint density at radius 2 is 1.65 bits per heavy atom. The number of rotatable bonds is 2. The normalized spacial score (nSPS) is 12.8. The molecule has 1 atom stereocenters. The van der Waals surface area contributed by atoms with Crippen molar-refractivity contribution in [2.45, 2.75) is 19.0 Å². The molecule has 108 valence electrons. The fourth-order valence-electron chi connectivity index (χ4n) is 1.85. The first-order valence-electron chi connectivity index (χ1n) is 5.63. The highest BCUT2D eigenvalue weighted by atomic mass is 19.4. The Hall–Kier alpha value is -2.08. The van der Waals surface area contributed by atoms with Crippen molar-refractivity contribution in [1.29, 1.82) is 0 Å². The molecule has 4 N–H and O–H groups in total. The third kappa shape index (κ3) is 3.08. The van der Waals surface area contributed by atoms with E-state index in [4.69, 9.17) is 5.11 Å². The summed E-state index contributed by atoms with van der Waals surface area (Å²) in [6, 6.07) is 8.08. The Balaban J connectivity index is 0.00000200. The molecule has 20 heavy (non-hydrogen) atoms. The fraction of sp³-hybridized carbons (Fsp3) is 0.214. The number of hydrogen-bond donors (Lipinski definition) is 2. The van der Waals surface area contributed by atoms with E-state index in [0.29, 0.717) is 16.3 Å². The molecule has 0 aliphatic rings. The summed E-state index contributed by atoms with van der Waals surface area (Å²) in [5.41, 5.74) is -0.140. The molecule has 2 rings (SSSR count). The zero-order valence-corrected chi connectivity index (χ0v) is 10.7. The maximum absolute atomic E-state index is 12.6. The van der Waals surface area contributed by atoms with E-state index in [1.807, 2.05) is 0 Å². The van der Waals surface area contributed by atoms with Crippen LogP contribution in [-0.4, -0.2) is 11.1 Å². The van der Waals surface area contributed by atoms with Crippen LogP contribution in [0.25, 0.3) is 10.8 Å². The first kappa shape index (κ1) is 16.0. The van der Waals surface area contributed by atoms with Crippen molar-refractivity contribution >= 4 is 16.7 Å².